The second kappa shape index (κ2) is 3.79. The van der Waals surface area contributed by atoms with Crippen molar-refractivity contribution in [1.82, 2.24) is 0 Å². The number of phosphoric ester groups is 1. The Balaban J connectivity index is 3.08. The molecule has 0 fully saturated rings. The number of para-hydroxylation sites is 1. The van der Waals surface area contributed by atoms with Gasteiger partial charge in [-0.3, -0.25) is 4.57 Å². The Bertz CT molecular complexity index is 395. The molecule has 1 aromatic rings. The van der Waals surface area contributed by atoms with Crippen LogP contribution in [0.3, 0.4) is 0 Å². The minimum atomic E-state index is -4.97. The first-order valence-corrected chi connectivity index (χ1v) is 4.95. The first-order valence-electron chi connectivity index (χ1n) is 3.46. The molecule has 0 bridgehead atoms. The summed E-state index contributed by atoms with van der Waals surface area (Å²) in [5.41, 5.74) is -0.336. The Morgan fingerprint density at radius 1 is 1.43 bits per heavy atom. The van der Waals surface area contributed by atoms with Crippen LogP contribution in [0, 0.1) is 0 Å². The number of rotatable bonds is 3. The fourth-order valence-corrected chi connectivity index (χ4v) is 1.25. The smallest absolute Gasteiger partial charge is 0.339 e. The topological polar surface area (TPSA) is 107 Å². The van der Waals surface area contributed by atoms with Crippen LogP contribution in [0.15, 0.2) is 24.3 Å². The molecule has 0 radical (unpaired) electrons. The van der Waals surface area contributed by atoms with Gasteiger partial charge in [0.15, 0.2) is 0 Å². The highest BCUT2D eigenvalue weighted by Gasteiger charge is 2.13. The third-order valence-corrected chi connectivity index (χ3v) is 1.76. The third-order valence-electron chi connectivity index (χ3n) is 1.33. The van der Waals surface area contributed by atoms with Crippen LogP contribution in [-0.4, -0.2) is 16.0 Å². The lowest BCUT2D eigenvalue weighted by Gasteiger charge is -2.17. The zero-order chi connectivity index (χ0) is 10.8. The monoisotopic (exact) mass is 217 g/mol. The molecule has 6 nitrogen and oxygen atoms in total. The van der Waals surface area contributed by atoms with Crippen molar-refractivity contribution in [2.45, 2.75) is 0 Å². The van der Waals surface area contributed by atoms with Crippen molar-refractivity contribution in [3.05, 3.63) is 29.8 Å². The lowest BCUT2D eigenvalue weighted by Crippen LogP contribution is -2.08. The number of carboxylic acid groups (broad SMARTS) is 1. The summed E-state index contributed by atoms with van der Waals surface area (Å²) in [4.78, 5) is 29.3. The van der Waals surface area contributed by atoms with Crippen molar-refractivity contribution in [2.24, 2.45) is 0 Å². The van der Waals surface area contributed by atoms with E-state index in [-0.39, 0.29) is 5.56 Å². The Labute approximate surface area is 79.0 Å². The molecule has 0 amide bonds. The molecule has 0 aliphatic rings. The molecule has 0 spiro atoms. The molecular formula is C7H6O6P-. The predicted octanol–water partition coefficient (Wildman–Crippen LogP) is 0.224. The summed E-state index contributed by atoms with van der Waals surface area (Å²) in [6.07, 6.45) is 0. The fourth-order valence-electron chi connectivity index (χ4n) is 0.847. The highest BCUT2D eigenvalue weighted by atomic mass is 31.2. The summed E-state index contributed by atoms with van der Waals surface area (Å²) in [6.45, 7) is 0. The first kappa shape index (κ1) is 10.7. The molecule has 0 saturated carbocycles. The van der Waals surface area contributed by atoms with Gasteiger partial charge in [0.25, 0.3) is 0 Å². The van der Waals surface area contributed by atoms with E-state index in [1.807, 2.05) is 0 Å². The number of hydrogen-bond acceptors (Lipinski definition) is 4. The molecule has 1 aromatic carbocycles. The number of carbonyl (C=O) groups is 1. The van der Waals surface area contributed by atoms with Crippen molar-refractivity contribution >= 4 is 13.8 Å². The molecule has 0 heterocycles. The summed E-state index contributed by atoms with van der Waals surface area (Å²) in [7, 11) is -4.97. The van der Waals surface area contributed by atoms with Gasteiger partial charge in [0.2, 0.25) is 0 Å². The molecule has 7 heteroatoms. The zero-order valence-corrected chi connectivity index (χ0v) is 7.68. The van der Waals surface area contributed by atoms with Crippen LogP contribution in [0.1, 0.15) is 10.4 Å². The normalized spacial score (nSPS) is 14.4. The van der Waals surface area contributed by atoms with Gasteiger partial charge in [-0.2, -0.15) is 0 Å². The molecule has 0 aliphatic carbocycles. The van der Waals surface area contributed by atoms with Crippen LogP contribution in [0.25, 0.3) is 0 Å². The molecule has 1 rings (SSSR count). The molecule has 76 valence electrons. The molecule has 0 saturated heterocycles. The number of aromatic carboxylic acids is 1. The highest BCUT2D eigenvalue weighted by Crippen LogP contribution is 2.34. The molecule has 0 aromatic heterocycles. The van der Waals surface area contributed by atoms with Gasteiger partial charge in [-0.25, -0.2) is 4.79 Å². The summed E-state index contributed by atoms with van der Waals surface area (Å²) in [5, 5.41) is 8.61. The van der Waals surface area contributed by atoms with Crippen molar-refractivity contribution in [2.75, 3.05) is 0 Å². The van der Waals surface area contributed by atoms with Crippen LogP contribution < -0.4 is 9.42 Å². The van der Waals surface area contributed by atoms with Gasteiger partial charge in [0.05, 0.1) is 0 Å². The van der Waals surface area contributed by atoms with Crippen LogP contribution in [-0.2, 0) is 4.57 Å². The molecule has 0 aliphatic heterocycles. The van der Waals surface area contributed by atoms with E-state index in [0.29, 0.717) is 0 Å². The minimum absolute atomic E-state index is 0.336. The SMILES string of the molecule is O=C(O)c1ccccc1OP(=O)([O-])O. The van der Waals surface area contributed by atoms with Crippen LogP contribution >= 0.6 is 7.82 Å². The van der Waals surface area contributed by atoms with Crippen LogP contribution in [0.4, 0.5) is 0 Å². The maximum Gasteiger partial charge on any atom is 0.339 e. The average Bonchev–Trinajstić information content (AvgIpc) is 2.01. The van der Waals surface area contributed by atoms with Gasteiger partial charge in [-0.05, 0) is 12.1 Å². The second-order valence-electron chi connectivity index (χ2n) is 2.36. The maximum atomic E-state index is 10.6. The lowest BCUT2D eigenvalue weighted by atomic mass is 10.2. The Morgan fingerprint density at radius 3 is 2.50 bits per heavy atom. The van der Waals surface area contributed by atoms with E-state index in [2.05, 4.69) is 4.52 Å². The van der Waals surface area contributed by atoms with Crippen LogP contribution in [0.5, 0.6) is 5.75 Å². The van der Waals surface area contributed by atoms with E-state index < -0.39 is 19.5 Å². The summed E-state index contributed by atoms with van der Waals surface area (Å²) < 4.78 is 14.4. The third kappa shape index (κ3) is 2.85. The van der Waals surface area contributed by atoms with E-state index in [4.69, 9.17) is 10.00 Å². The number of benzene rings is 1. The second-order valence-corrected chi connectivity index (χ2v) is 3.48. The molecule has 14 heavy (non-hydrogen) atoms. The minimum Gasteiger partial charge on any atom is -0.746 e. The van der Waals surface area contributed by atoms with Gasteiger partial charge in [-0.1, -0.05) is 12.1 Å². The average molecular weight is 217 g/mol. The van der Waals surface area contributed by atoms with Crippen molar-refractivity contribution < 1.29 is 28.8 Å². The number of phosphoric acid groups is 1. The van der Waals surface area contributed by atoms with Gasteiger partial charge >= 0.3 is 13.8 Å². The zero-order valence-electron chi connectivity index (χ0n) is 6.78. The molecule has 1 unspecified atom stereocenters. The lowest BCUT2D eigenvalue weighted by molar-refractivity contribution is -0.211. The van der Waals surface area contributed by atoms with E-state index >= 15 is 0 Å². The molecular weight excluding hydrogens is 211 g/mol. The predicted molar refractivity (Wildman–Crippen MR) is 43.9 cm³/mol. The Kier molecular flexibility index (Phi) is 2.90. The maximum absolute atomic E-state index is 10.6. The largest absolute Gasteiger partial charge is 0.746 e. The highest BCUT2D eigenvalue weighted by molar-refractivity contribution is 7.45. The Morgan fingerprint density at radius 2 is 2.00 bits per heavy atom. The van der Waals surface area contributed by atoms with Crippen molar-refractivity contribution in [1.29, 1.82) is 0 Å². The van der Waals surface area contributed by atoms with E-state index in [0.717, 1.165) is 12.1 Å². The number of hydrogen-bond donors (Lipinski definition) is 2. The number of carboxylic acids is 1. The van der Waals surface area contributed by atoms with Crippen molar-refractivity contribution in [3.8, 4) is 5.75 Å². The van der Waals surface area contributed by atoms with Gasteiger partial charge in [0.1, 0.15) is 11.3 Å². The van der Waals surface area contributed by atoms with E-state index in [9.17, 15) is 14.3 Å². The standard InChI is InChI=1S/C7H7O6P/c8-7(9)5-3-1-2-4-6(5)13-14(10,11)12/h1-4H,(H,8,9)(H2,10,11,12)/p-1. The fraction of sp³-hybridized carbons (Fsp3) is 0. The molecule has 2 N–H and O–H groups in total. The summed E-state index contributed by atoms with van der Waals surface area (Å²) in [5.74, 6) is -1.75. The van der Waals surface area contributed by atoms with E-state index in [1.165, 1.54) is 12.1 Å². The molecule has 1 atom stereocenters. The quantitative estimate of drug-likeness (QED) is 0.701. The van der Waals surface area contributed by atoms with Gasteiger partial charge in [-0.15, -0.1) is 0 Å². The summed E-state index contributed by atoms with van der Waals surface area (Å²) >= 11 is 0. The van der Waals surface area contributed by atoms with Gasteiger partial charge < -0.3 is 19.4 Å². The van der Waals surface area contributed by atoms with E-state index in [1.54, 1.807) is 0 Å². The van der Waals surface area contributed by atoms with Gasteiger partial charge in [0, 0.05) is 0 Å². The first-order chi connectivity index (χ1) is 6.40. The summed E-state index contributed by atoms with van der Waals surface area (Å²) in [6, 6.07) is 5.08. The Hall–Kier alpha value is -1.36. The van der Waals surface area contributed by atoms with Crippen LogP contribution in [0.2, 0.25) is 0 Å². The van der Waals surface area contributed by atoms with Crippen molar-refractivity contribution in [3.63, 3.8) is 0 Å².